The SMILES string of the molecule is CCN(CC)CCCNC(=O)C(=O)Nc1ccc(N2CCN(C)CC2)cc1. The van der Waals surface area contributed by atoms with Gasteiger partial charge in [0.05, 0.1) is 0 Å². The molecule has 2 amide bonds. The first kappa shape index (κ1) is 21.2. The van der Waals surface area contributed by atoms with Crippen molar-refractivity contribution in [2.45, 2.75) is 20.3 Å². The number of piperazine rings is 1. The van der Waals surface area contributed by atoms with Gasteiger partial charge in [0.25, 0.3) is 0 Å². The number of anilines is 2. The first-order chi connectivity index (χ1) is 13.0. The Hall–Kier alpha value is -2.12. The van der Waals surface area contributed by atoms with Crippen molar-refractivity contribution in [1.82, 2.24) is 15.1 Å². The van der Waals surface area contributed by atoms with Gasteiger partial charge in [-0.3, -0.25) is 9.59 Å². The Bertz CT molecular complexity index is 593. The molecule has 0 atom stereocenters. The van der Waals surface area contributed by atoms with Gasteiger partial charge in [0.1, 0.15) is 0 Å². The molecule has 27 heavy (non-hydrogen) atoms. The van der Waals surface area contributed by atoms with E-state index in [1.165, 1.54) is 0 Å². The maximum Gasteiger partial charge on any atom is 0.313 e. The topological polar surface area (TPSA) is 67.9 Å². The zero-order valence-electron chi connectivity index (χ0n) is 16.8. The van der Waals surface area contributed by atoms with E-state index in [2.05, 4.69) is 46.2 Å². The molecule has 0 saturated carbocycles. The number of rotatable bonds is 8. The molecule has 1 fully saturated rings. The van der Waals surface area contributed by atoms with Crippen molar-refractivity contribution in [2.24, 2.45) is 0 Å². The van der Waals surface area contributed by atoms with Gasteiger partial charge < -0.3 is 25.3 Å². The van der Waals surface area contributed by atoms with Crippen LogP contribution in [0.2, 0.25) is 0 Å². The Kier molecular flexibility index (Phi) is 8.54. The third kappa shape index (κ3) is 6.84. The van der Waals surface area contributed by atoms with Crippen LogP contribution in [-0.4, -0.2) is 81.0 Å². The van der Waals surface area contributed by atoms with Crippen LogP contribution in [0.25, 0.3) is 0 Å². The summed E-state index contributed by atoms with van der Waals surface area (Å²) in [5, 5.41) is 5.35. The van der Waals surface area contributed by atoms with Crippen molar-refractivity contribution in [1.29, 1.82) is 0 Å². The highest BCUT2D eigenvalue weighted by Crippen LogP contribution is 2.19. The molecule has 1 aromatic carbocycles. The fourth-order valence-electron chi connectivity index (χ4n) is 3.13. The van der Waals surface area contributed by atoms with Gasteiger partial charge in [-0.05, 0) is 57.4 Å². The van der Waals surface area contributed by atoms with Gasteiger partial charge in [-0.2, -0.15) is 0 Å². The average molecular weight is 376 g/mol. The van der Waals surface area contributed by atoms with E-state index in [0.717, 1.165) is 57.9 Å². The number of carbonyl (C=O) groups excluding carboxylic acids is 2. The maximum absolute atomic E-state index is 12.0. The van der Waals surface area contributed by atoms with E-state index in [9.17, 15) is 9.59 Å². The molecule has 7 nitrogen and oxygen atoms in total. The zero-order chi connectivity index (χ0) is 19.6. The molecule has 150 valence electrons. The Labute approximate surface area is 162 Å². The lowest BCUT2D eigenvalue weighted by Crippen LogP contribution is -2.44. The summed E-state index contributed by atoms with van der Waals surface area (Å²) in [6.45, 7) is 11.7. The third-order valence-electron chi connectivity index (χ3n) is 5.03. The first-order valence-corrected chi connectivity index (χ1v) is 9.88. The van der Waals surface area contributed by atoms with E-state index in [1.807, 2.05) is 24.3 Å². The largest absolute Gasteiger partial charge is 0.369 e. The summed E-state index contributed by atoms with van der Waals surface area (Å²) in [6.07, 6.45) is 0.834. The number of hydrogen-bond donors (Lipinski definition) is 2. The lowest BCUT2D eigenvalue weighted by molar-refractivity contribution is -0.136. The van der Waals surface area contributed by atoms with E-state index < -0.39 is 11.8 Å². The molecule has 0 bridgehead atoms. The van der Waals surface area contributed by atoms with E-state index >= 15 is 0 Å². The van der Waals surface area contributed by atoms with Gasteiger partial charge in [-0.25, -0.2) is 0 Å². The van der Waals surface area contributed by atoms with Crippen molar-refractivity contribution >= 4 is 23.2 Å². The normalized spacial score (nSPS) is 15.0. The minimum atomic E-state index is -0.620. The van der Waals surface area contributed by atoms with Crippen molar-refractivity contribution in [3.05, 3.63) is 24.3 Å². The molecule has 0 aliphatic carbocycles. The minimum absolute atomic E-state index is 0.505. The summed E-state index contributed by atoms with van der Waals surface area (Å²) in [5.74, 6) is -1.21. The molecule has 0 radical (unpaired) electrons. The second kappa shape index (κ2) is 10.9. The van der Waals surface area contributed by atoms with E-state index in [-0.39, 0.29) is 0 Å². The second-order valence-electron chi connectivity index (χ2n) is 6.93. The van der Waals surface area contributed by atoms with Gasteiger partial charge in [-0.1, -0.05) is 13.8 Å². The second-order valence-corrected chi connectivity index (χ2v) is 6.93. The Morgan fingerprint density at radius 2 is 1.63 bits per heavy atom. The van der Waals surface area contributed by atoms with E-state index in [4.69, 9.17) is 0 Å². The summed E-state index contributed by atoms with van der Waals surface area (Å²) in [5.41, 5.74) is 1.78. The molecule has 0 unspecified atom stereocenters. The van der Waals surface area contributed by atoms with Crippen molar-refractivity contribution < 1.29 is 9.59 Å². The van der Waals surface area contributed by atoms with Crippen LogP contribution >= 0.6 is 0 Å². The highest BCUT2D eigenvalue weighted by molar-refractivity contribution is 6.39. The van der Waals surface area contributed by atoms with E-state index in [1.54, 1.807) is 0 Å². The van der Waals surface area contributed by atoms with Gasteiger partial charge in [0, 0.05) is 44.1 Å². The number of hydrogen-bond acceptors (Lipinski definition) is 5. The zero-order valence-corrected chi connectivity index (χ0v) is 16.8. The Morgan fingerprint density at radius 3 is 2.22 bits per heavy atom. The summed E-state index contributed by atoms with van der Waals surface area (Å²) >= 11 is 0. The Balaban J connectivity index is 1.74. The van der Waals surface area contributed by atoms with Crippen LogP contribution in [0, 0.1) is 0 Å². The molecule has 1 heterocycles. The fourth-order valence-corrected chi connectivity index (χ4v) is 3.13. The van der Waals surface area contributed by atoms with Gasteiger partial charge in [-0.15, -0.1) is 0 Å². The predicted octanol–water partition coefficient (Wildman–Crippen LogP) is 1.23. The van der Waals surface area contributed by atoms with E-state index in [0.29, 0.717) is 12.2 Å². The summed E-state index contributed by atoms with van der Waals surface area (Å²) in [4.78, 5) is 30.9. The number of nitrogens with zero attached hydrogens (tertiary/aromatic N) is 3. The lowest BCUT2D eigenvalue weighted by atomic mass is 10.2. The minimum Gasteiger partial charge on any atom is -0.369 e. The van der Waals surface area contributed by atoms with Gasteiger partial charge in [0.15, 0.2) is 0 Å². The summed E-state index contributed by atoms with van der Waals surface area (Å²) in [6, 6.07) is 7.67. The van der Waals surface area contributed by atoms with Crippen LogP contribution in [-0.2, 0) is 9.59 Å². The molecule has 0 aromatic heterocycles. The third-order valence-corrected chi connectivity index (χ3v) is 5.03. The number of likely N-dealkylation sites (N-methyl/N-ethyl adjacent to an activating group) is 1. The molecule has 7 heteroatoms. The number of amides is 2. The maximum atomic E-state index is 12.0. The van der Waals surface area contributed by atoms with Crippen LogP contribution < -0.4 is 15.5 Å². The molecule has 1 saturated heterocycles. The molecule has 1 aliphatic heterocycles. The van der Waals surface area contributed by atoms with Crippen LogP contribution in [0.1, 0.15) is 20.3 Å². The molecule has 1 aliphatic rings. The molecule has 2 rings (SSSR count). The number of benzene rings is 1. The van der Waals surface area contributed by atoms with Crippen molar-refractivity contribution in [3.8, 4) is 0 Å². The predicted molar refractivity (Wildman–Crippen MR) is 110 cm³/mol. The van der Waals surface area contributed by atoms with Crippen LogP contribution in [0.3, 0.4) is 0 Å². The Morgan fingerprint density at radius 1 is 1.00 bits per heavy atom. The first-order valence-electron chi connectivity index (χ1n) is 9.88. The highest BCUT2D eigenvalue weighted by atomic mass is 16.2. The molecule has 0 spiro atoms. The van der Waals surface area contributed by atoms with Crippen LogP contribution in [0.4, 0.5) is 11.4 Å². The average Bonchev–Trinajstić information content (AvgIpc) is 2.69. The summed E-state index contributed by atoms with van der Waals surface area (Å²) < 4.78 is 0. The van der Waals surface area contributed by atoms with Crippen LogP contribution in [0.15, 0.2) is 24.3 Å². The lowest BCUT2D eigenvalue weighted by Gasteiger charge is -2.34. The standard InChI is InChI=1S/C20H33N5O2/c1-4-24(5-2)12-6-11-21-19(26)20(27)22-17-7-9-18(10-8-17)25-15-13-23(3)14-16-25/h7-10H,4-6,11-16H2,1-3H3,(H,21,26)(H,22,27). The molecular formula is C20H33N5O2. The van der Waals surface area contributed by atoms with Gasteiger partial charge in [0.2, 0.25) is 0 Å². The number of carbonyl (C=O) groups is 2. The molecule has 2 N–H and O–H groups in total. The fraction of sp³-hybridized carbons (Fsp3) is 0.600. The monoisotopic (exact) mass is 375 g/mol. The van der Waals surface area contributed by atoms with Crippen molar-refractivity contribution in [2.75, 3.05) is 69.6 Å². The smallest absolute Gasteiger partial charge is 0.313 e. The van der Waals surface area contributed by atoms with Gasteiger partial charge >= 0.3 is 11.8 Å². The molecule has 1 aromatic rings. The quantitative estimate of drug-likeness (QED) is 0.528. The van der Waals surface area contributed by atoms with Crippen molar-refractivity contribution in [3.63, 3.8) is 0 Å². The highest BCUT2D eigenvalue weighted by Gasteiger charge is 2.15. The molecular weight excluding hydrogens is 342 g/mol. The summed E-state index contributed by atoms with van der Waals surface area (Å²) in [7, 11) is 2.13. The van der Waals surface area contributed by atoms with Crippen LogP contribution in [0.5, 0.6) is 0 Å². The number of nitrogens with one attached hydrogen (secondary N) is 2.